The number of carbonyl (C=O) groups is 1. The molecule has 29 heavy (non-hydrogen) atoms. The summed E-state index contributed by atoms with van der Waals surface area (Å²) in [5.41, 5.74) is 7.12. The Balaban J connectivity index is 1.94. The highest BCUT2D eigenvalue weighted by Crippen LogP contribution is 2.31. The molecule has 0 aliphatic carbocycles. The molecule has 2 aromatic rings. The predicted octanol–water partition coefficient (Wildman–Crippen LogP) is 2.13. The number of amides is 1. The lowest BCUT2D eigenvalue weighted by Gasteiger charge is -2.29. The van der Waals surface area contributed by atoms with Gasteiger partial charge >= 0.3 is 0 Å². The first-order chi connectivity index (χ1) is 13.5. The van der Waals surface area contributed by atoms with E-state index < -0.39 is 26.0 Å². The van der Waals surface area contributed by atoms with Crippen LogP contribution < -0.4 is 14.8 Å². The van der Waals surface area contributed by atoms with Gasteiger partial charge in [-0.05, 0) is 74.2 Å². The minimum absolute atomic E-state index is 0.0913. The van der Waals surface area contributed by atoms with Crippen molar-refractivity contribution in [3.05, 3.63) is 53.1 Å². The van der Waals surface area contributed by atoms with Gasteiger partial charge in [-0.15, -0.1) is 0 Å². The van der Waals surface area contributed by atoms with Gasteiger partial charge in [0, 0.05) is 17.8 Å². The molecule has 0 atom stereocenters. The van der Waals surface area contributed by atoms with E-state index in [1.807, 2.05) is 0 Å². The number of nitrogens with two attached hydrogens (primary N) is 1. The summed E-state index contributed by atoms with van der Waals surface area (Å²) in [5.74, 6) is -0.511. The van der Waals surface area contributed by atoms with Crippen LogP contribution in [-0.2, 0) is 20.0 Å². The van der Waals surface area contributed by atoms with Crippen molar-refractivity contribution in [1.82, 2.24) is 0 Å². The van der Waals surface area contributed by atoms with Crippen molar-refractivity contribution < 1.29 is 21.6 Å². The number of nitrogens with zero attached hydrogens (tertiary/aromatic N) is 1. The van der Waals surface area contributed by atoms with Gasteiger partial charge in [0.25, 0.3) is 10.0 Å². The van der Waals surface area contributed by atoms with Crippen LogP contribution in [0.1, 0.15) is 34.3 Å². The van der Waals surface area contributed by atoms with Crippen LogP contribution >= 0.6 is 0 Å². The zero-order chi connectivity index (χ0) is 21.4. The number of hydrogen-bond acceptors (Lipinski definition) is 5. The Morgan fingerprint density at radius 2 is 1.66 bits per heavy atom. The Bertz CT molecular complexity index is 1130. The quantitative estimate of drug-likeness (QED) is 0.741. The number of primary amides is 1. The molecule has 3 N–H and O–H groups in total. The van der Waals surface area contributed by atoms with Crippen molar-refractivity contribution in [2.24, 2.45) is 5.73 Å². The number of anilines is 2. The van der Waals surface area contributed by atoms with Gasteiger partial charge in [-0.3, -0.25) is 13.8 Å². The first-order valence-corrected chi connectivity index (χ1v) is 12.1. The second kappa shape index (κ2) is 7.68. The number of hydrogen-bond donors (Lipinski definition) is 2. The van der Waals surface area contributed by atoms with Crippen molar-refractivity contribution >= 4 is 37.3 Å². The highest BCUT2D eigenvalue weighted by atomic mass is 32.2. The van der Waals surface area contributed by atoms with E-state index in [4.69, 9.17) is 5.73 Å². The maximum absolute atomic E-state index is 12.9. The lowest BCUT2D eigenvalue weighted by Crippen LogP contribution is -2.38. The van der Waals surface area contributed by atoms with Gasteiger partial charge in [0.05, 0.1) is 16.3 Å². The first kappa shape index (κ1) is 21.1. The molecule has 10 heteroatoms. The van der Waals surface area contributed by atoms with E-state index >= 15 is 0 Å². The standard InChI is InChI=1S/C19H23N3O5S2/c1-13-11-17(22-9-3-4-10-28(22,24)25)12-14(2)18(13)29(26,27)21-16-7-5-15(6-8-16)19(20)23/h5-8,11-12,21H,3-4,9-10H2,1-2H3,(H2,20,23). The summed E-state index contributed by atoms with van der Waals surface area (Å²) in [6.45, 7) is 3.66. The molecule has 0 aromatic heterocycles. The van der Waals surface area contributed by atoms with E-state index in [-0.39, 0.29) is 21.9 Å². The van der Waals surface area contributed by atoms with Gasteiger partial charge in [-0.2, -0.15) is 0 Å². The Morgan fingerprint density at radius 1 is 1.07 bits per heavy atom. The van der Waals surface area contributed by atoms with Crippen LogP contribution in [0.4, 0.5) is 11.4 Å². The first-order valence-electron chi connectivity index (χ1n) is 9.05. The molecule has 2 aromatic carbocycles. The van der Waals surface area contributed by atoms with Crippen molar-refractivity contribution in [3.8, 4) is 0 Å². The minimum Gasteiger partial charge on any atom is -0.366 e. The summed E-state index contributed by atoms with van der Waals surface area (Å²) in [4.78, 5) is 11.2. The molecule has 1 saturated heterocycles. The highest BCUT2D eigenvalue weighted by molar-refractivity contribution is 7.93. The van der Waals surface area contributed by atoms with Crippen LogP contribution in [0, 0.1) is 13.8 Å². The van der Waals surface area contributed by atoms with Gasteiger partial charge < -0.3 is 5.73 Å². The van der Waals surface area contributed by atoms with E-state index in [1.54, 1.807) is 26.0 Å². The van der Waals surface area contributed by atoms with Crippen molar-refractivity contribution in [3.63, 3.8) is 0 Å². The van der Waals surface area contributed by atoms with Gasteiger partial charge in [0.1, 0.15) is 0 Å². The summed E-state index contributed by atoms with van der Waals surface area (Å²) in [6.07, 6.45) is 1.39. The largest absolute Gasteiger partial charge is 0.366 e. The fourth-order valence-electron chi connectivity index (χ4n) is 3.48. The molecule has 0 radical (unpaired) electrons. The van der Waals surface area contributed by atoms with E-state index in [9.17, 15) is 21.6 Å². The Kier molecular flexibility index (Phi) is 5.59. The number of aryl methyl sites for hydroxylation is 2. The highest BCUT2D eigenvalue weighted by Gasteiger charge is 2.28. The van der Waals surface area contributed by atoms with Crippen LogP contribution in [0.25, 0.3) is 0 Å². The normalized spacial score (nSPS) is 16.4. The van der Waals surface area contributed by atoms with Gasteiger partial charge in [0.15, 0.2) is 0 Å². The van der Waals surface area contributed by atoms with Gasteiger partial charge in [-0.25, -0.2) is 16.8 Å². The molecule has 1 amide bonds. The topological polar surface area (TPSA) is 127 Å². The maximum Gasteiger partial charge on any atom is 0.262 e. The summed E-state index contributed by atoms with van der Waals surface area (Å²) >= 11 is 0. The number of nitrogens with one attached hydrogen (secondary N) is 1. The van der Waals surface area contributed by atoms with Crippen LogP contribution in [-0.4, -0.2) is 35.0 Å². The molecular formula is C19H23N3O5S2. The molecule has 0 spiro atoms. The number of carbonyl (C=O) groups excluding carboxylic acids is 1. The molecule has 1 fully saturated rings. The van der Waals surface area contributed by atoms with Gasteiger partial charge in [-0.1, -0.05) is 0 Å². The summed E-state index contributed by atoms with van der Waals surface area (Å²) < 4.78 is 54.5. The summed E-state index contributed by atoms with van der Waals surface area (Å²) in [6, 6.07) is 8.95. The van der Waals surface area contributed by atoms with Crippen molar-refractivity contribution in [2.45, 2.75) is 31.6 Å². The molecule has 1 aliphatic rings. The monoisotopic (exact) mass is 437 g/mol. The molecule has 0 bridgehead atoms. The summed E-state index contributed by atoms with van der Waals surface area (Å²) in [7, 11) is -7.31. The van der Waals surface area contributed by atoms with E-state index in [2.05, 4.69) is 4.72 Å². The number of rotatable bonds is 5. The van der Waals surface area contributed by atoms with Gasteiger partial charge in [0.2, 0.25) is 15.9 Å². The van der Waals surface area contributed by atoms with E-state index in [0.29, 0.717) is 29.8 Å². The molecule has 156 valence electrons. The number of benzene rings is 2. The smallest absolute Gasteiger partial charge is 0.262 e. The Hall–Kier alpha value is -2.59. The van der Waals surface area contributed by atoms with E-state index in [0.717, 1.165) is 6.42 Å². The van der Waals surface area contributed by atoms with Crippen LogP contribution in [0.3, 0.4) is 0 Å². The average Bonchev–Trinajstić information content (AvgIpc) is 2.60. The molecule has 3 rings (SSSR count). The third-order valence-corrected chi connectivity index (χ3v) is 8.33. The lowest BCUT2D eigenvalue weighted by atomic mass is 10.1. The molecule has 8 nitrogen and oxygen atoms in total. The maximum atomic E-state index is 12.9. The zero-order valence-corrected chi connectivity index (χ0v) is 17.8. The fraction of sp³-hybridized carbons (Fsp3) is 0.316. The molecule has 1 heterocycles. The zero-order valence-electron chi connectivity index (χ0n) is 16.2. The van der Waals surface area contributed by atoms with Crippen LogP contribution in [0.15, 0.2) is 41.3 Å². The predicted molar refractivity (Wildman–Crippen MR) is 112 cm³/mol. The second-order valence-electron chi connectivity index (χ2n) is 7.05. The Labute approximate surface area is 170 Å². The number of sulfonamides is 2. The van der Waals surface area contributed by atoms with E-state index in [1.165, 1.54) is 28.6 Å². The summed E-state index contributed by atoms with van der Waals surface area (Å²) in [5, 5.41) is 0. The fourth-order valence-corrected chi connectivity index (χ4v) is 6.62. The second-order valence-corrected chi connectivity index (χ2v) is 10.7. The van der Waals surface area contributed by atoms with Crippen LogP contribution in [0.5, 0.6) is 0 Å². The average molecular weight is 438 g/mol. The van der Waals surface area contributed by atoms with Crippen molar-refractivity contribution in [1.29, 1.82) is 0 Å². The molecular weight excluding hydrogens is 414 g/mol. The third kappa shape index (κ3) is 4.38. The Morgan fingerprint density at radius 3 is 2.17 bits per heavy atom. The van der Waals surface area contributed by atoms with Crippen molar-refractivity contribution in [2.75, 3.05) is 21.3 Å². The third-order valence-electron chi connectivity index (χ3n) is 4.77. The lowest BCUT2D eigenvalue weighted by molar-refractivity contribution is 0.100. The molecule has 0 saturated carbocycles. The van der Waals surface area contributed by atoms with Crippen LogP contribution in [0.2, 0.25) is 0 Å². The molecule has 1 aliphatic heterocycles. The SMILES string of the molecule is Cc1cc(N2CCCCS2(=O)=O)cc(C)c1S(=O)(=O)Nc1ccc(C(N)=O)cc1. The minimum atomic E-state index is -3.92. The molecule has 0 unspecified atom stereocenters.